The monoisotopic (exact) mass is 436 g/mol. The van der Waals surface area contributed by atoms with Gasteiger partial charge in [0.1, 0.15) is 18.1 Å². The van der Waals surface area contributed by atoms with Gasteiger partial charge in [0.15, 0.2) is 0 Å². The van der Waals surface area contributed by atoms with Crippen LogP contribution in [0.15, 0.2) is 60.9 Å². The zero-order valence-electron chi connectivity index (χ0n) is 17.8. The van der Waals surface area contributed by atoms with E-state index >= 15 is 0 Å². The molecule has 1 N–H and O–H groups in total. The van der Waals surface area contributed by atoms with Crippen LogP contribution in [0.4, 0.5) is 10.1 Å². The Kier molecular flexibility index (Phi) is 6.49. The van der Waals surface area contributed by atoms with Gasteiger partial charge in [-0.2, -0.15) is 5.10 Å². The van der Waals surface area contributed by atoms with Crippen molar-refractivity contribution in [1.82, 2.24) is 14.7 Å². The molecule has 1 fully saturated rings. The molecule has 1 saturated heterocycles. The quantitative estimate of drug-likeness (QED) is 0.614. The molecule has 1 aliphatic rings. The molecule has 2 heterocycles. The molecule has 0 radical (unpaired) electrons. The first kappa shape index (κ1) is 21.5. The Morgan fingerprint density at radius 3 is 2.72 bits per heavy atom. The van der Waals surface area contributed by atoms with Crippen LogP contribution in [0.2, 0.25) is 0 Å². The molecule has 0 saturated carbocycles. The van der Waals surface area contributed by atoms with E-state index in [1.807, 2.05) is 29.2 Å². The first-order valence-corrected chi connectivity index (χ1v) is 10.5. The minimum absolute atomic E-state index is 0.0314. The highest BCUT2D eigenvalue weighted by atomic mass is 19.1. The second-order valence-corrected chi connectivity index (χ2v) is 7.76. The van der Waals surface area contributed by atoms with E-state index < -0.39 is 5.82 Å². The van der Waals surface area contributed by atoms with Crippen LogP contribution in [-0.2, 0) is 22.6 Å². The van der Waals surface area contributed by atoms with Gasteiger partial charge in [0, 0.05) is 12.7 Å². The average Bonchev–Trinajstić information content (AvgIpc) is 3.45. The van der Waals surface area contributed by atoms with Gasteiger partial charge >= 0.3 is 0 Å². The number of nitrogens with zero attached hydrogens (tertiary/aromatic N) is 3. The smallest absolute Gasteiger partial charge is 0.244 e. The lowest BCUT2D eigenvalue weighted by Gasteiger charge is -2.25. The van der Waals surface area contributed by atoms with Crippen molar-refractivity contribution in [3.63, 3.8) is 0 Å². The molecular weight excluding hydrogens is 411 g/mol. The fraction of sp³-hybridized carbons (Fsp3) is 0.292. The molecule has 4 rings (SSSR count). The van der Waals surface area contributed by atoms with Gasteiger partial charge in [0.2, 0.25) is 11.8 Å². The number of rotatable bonds is 7. The minimum Gasteiger partial charge on any atom is -0.497 e. The van der Waals surface area contributed by atoms with Gasteiger partial charge in [-0.1, -0.05) is 30.3 Å². The van der Waals surface area contributed by atoms with E-state index in [2.05, 4.69) is 10.4 Å². The Labute approximate surface area is 185 Å². The average molecular weight is 436 g/mol. The lowest BCUT2D eigenvalue weighted by Crippen LogP contribution is -2.33. The Bertz CT molecular complexity index is 1100. The topological polar surface area (TPSA) is 76.5 Å². The van der Waals surface area contributed by atoms with Crippen molar-refractivity contribution in [3.8, 4) is 5.75 Å². The second kappa shape index (κ2) is 9.64. The highest BCUT2D eigenvalue weighted by Gasteiger charge is 2.30. The number of carbonyl (C=O) groups excluding carboxylic acids is 2. The van der Waals surface area contributed by atoms with Gasteiger partial charge in [-0.15, -0.1) is 0 Å². The number of carbonyl (C=O) groups is 2. The van der Waals surface area contributed by atoms with Crippen molar-refractivity contribution in [1.29, 1.82) is 0 Å². The molecule has 32 heavy (non-hydrogen) atoms. The van der Waals surface area contributed by atoms with E-state index in [1.54, 1.807) is 31.5 Å². The number of anilines is 1. The minimum atomic E-state index is -0.416. The van der Waals surface area contributed by atoms with E-state index in [0.717, 1.165) is 24.2 Å². The molecule has 7 nitrogen and oxygen atoms in total. The van der Waals surface area contributed by atoms with Crippen LogP contribution >= 0.6 is 0 Å². The largest absolute Gasteiger partial charge is 0.497 e. The predicted molar refractivity (Wildman–Crippen MR) is 118 cm³/mol. The number of ether oxygens (including phenoxy) is 1. The molecule has 0 unspecified atom stereocenters. The zero-order valence-corrected chi connectivity index (χ0v) is 17.8. The summed E-state index contributed by atoms with van der Waals surface area (Å²) in [5.41, 5.74) is 1.87. The summed E-state index contributed by atoms with van der Waals surface area (Å²) in [6.45, 7) is 0.777. The van der Waals surface area contributed by atoms with Crippen LogP contribution in [0.5, 0.6) is 5.75 Å². The molecule has 3 aromatic rings. The van der Waals surface area contributed by atoms with Crippen molar-refractivity contribution >= 4 is 17.5 Å². The normalized spacial score (nSPS) is 15.6. The molecular formula is C24H25FN4O3. The first-order valence-electron chi connectivity index (χ1n) is 10.5. The third-order valence-corrected chi connectivity index (χ3v) is 5.60. The maximum atomic E-state index is 13.7. The lowest BCUT2D eigenvalue weighted by molar-refractivity contribution is -0.133. The maximum Gasteiger partial charge on any atom is 0.244 e. The summed E-state index contributed by atoms with van der Waals surface area (Å²) in [5, 5.41) is 6.89. The van der Waals surface area contributed by atoms with E-state index in [0.29, 0.717) is 17.8 Å². The number of likely N-dealkylation sites (tertiary alicyclic amines) is 1. The summed E-state index contributed by atoms with van der Waals surface area (Å²) in [7, 11) is 1.63. The van der Waals surface area contributed by atoms with Crippen LogP contribution in [0.25, 0.3) is 0 Å². The fourth-order valence-electron chi connectivity index (χ4n) is 4.00. The van der Waals surface area contributed by atoms with Crippen LogP contribution in [0.3, 0.4) is 0 Å². The molecule has 1 aromatic heterocycles. The van der Waals surface area contributed by atoms with E-state index in [9.17, 15) is 14.0 Å². The third-order valence-electron chi connectivity index (χ3n) is 5.60. The Hall–Kier alpha value is -3.68. The summed E-state index contributed by atoms with van der Waals surface area (Å²) in [6, 6.07) is 14.0. The number of hydrogen-bond donors (Lipinski definition) is 1. The molecule has 8 heteroatoms. The van der Waals surface area contributed by atoms with E-state index in [-0.39, 0.29) is 30.8 Å². The van der Waals surface area contributed by atoms with Crippen LogP contribution in [0.1, 0.15) is 30.0 Å². The Morgan fingerprint density at radius 2 is 1.97 bits per heavy atom. The van der Waals surface area contributed by atoms with Gasteiger partial charge in [0.05, 0.1) is 31.5 Å². The van der Waals surface area contributed by atoms with Crippen molar-refractivity contribution in [2.24, 2.45) is 0 Å². The number of methoxy groups -OCH3 is 1. The van der Waals surface area contributed by atoms with Crippen molar-refractivity contribution in [2.45, 2.75) is 31.8 Å². The summed E-state index contributed by atoms with van der Waals surface area (Å²) in [6.07, 6.45) is 4.87. The lowest BCUT2D eigenvalue weighted by atomic mass is 10.0. The Morgan fingerprint density at radius 1 is 1.19 bits per heavy atom. The molecule has 1 aliphatic heterocycles. The number of hydrogen-bond acceptors (Lipinski definition) is 4. The number of halogens is 1. The molecule has 1 atom stereocenters. The number of aromatic nitrogens is 2. The van der Waals surface area contributed by atoms with Crippen LogP contribution in [0, 0.1) is 5.82 Å². The predicted octanol–water partition coefficient (Wildman–Crippen LogP) is 3.58. The van der Waals surface area contributed by atoms with E-state index in [1.165, 1.54) is 16.9 Å². The van der Waals surface area contributed by atoms with Crippen molar-refractivity contribution in [3.05, 3.63) is 77.9 Å². The van der Waals surface area contributed by atoms with Crippen LogP contribution in [-0.4, -0.2) is 40.1 Å². The summed E-state index contributed by atoms with van der Waals surface area (Å²) in [5.74, 6) is -0.0116. The molecule has 0 spiro atoms. The number of amides is 2. The highest BCUT2D eigenvalue weighted by molar-refractivity contribution is 5.92. The van der Waals surface area contributed by atoms with Crippen molar-refractivity contribution in [2.75, 3.05) is 19.0 Å². The highest BCUT2D eigenvalue weighted by Crippen LogP contribution is 2.33. The van der Waals surface area contributed by atoms with E-state index in [4.69, 9.17) is 4.74 Å². The molecule has 2 aromatic carbocycles. The van der Waals surface area contributed by atoms with Gasteiger partial charge in [-0.25, -0.2) is 4.39 Å². The summed E-state index contributed by atoms with van der Waals surface area (Å²) >= 11 is 0. The molecule has 166 valence electrons. The SMILES string of the molecule is COc1ccc([C@@H]2CCCN2C(=O)Cn2cc(NC(=O)Cc3ccccc3F)cn2)cc1. The van der Waals surface area contributed by atoms with Gasteiger partial charge < -0.3 is 15.0 Å². The molecule has 0 aliphatic carbocycles. The van der Waals surface area contributed by atoms with Gasteiger partial charge in [-0.3, -0.25) is 14.3 Å². The first-order chi connectivity index (χ1) is 15.5. The molecule has 0 bridgehead atoms. The summed E-state index contributed by atoms with van der Waals surface area (Å²) < 4.78 is 20.4. The number of nitrogens with one attached hydrogen (secondary N) is 1. The Balaban J connectivity index is 1.35. The summed E-state index contributed by atoms with van der Waals surface area (Å²) in [4.78, 5) is 27.0. The maximum absolute atomic E-state index is 13.7. The number of benzene rings is 2. The van der Waals surface area contributed by atoms with Gasteiger partial charge in [0.25, 0.3) is 0 Å². The van der Waals surface area contributed by atoms with Crippen molar-refractivity contribution < 1.29 is 18.7 Å². The molecule has 2 amide bonds. The zero-order chi connectivity index (χ0) is 22.5. The standard InChI is InChI=1S/C24H25FN4O3/c1-32-20-10-8-17(9-11-20)22-7-4-12-29(22)24(31)16-28-15-19(14-26-28)27-23(30)13-18-5-2-3-6-21(18)25/h2-3,5-6,8-11,14-15,22H,4,7,12-13,16H2,1H3,(H,27,30)/t22-/m0/s1. The second-order valence-electron chi connectivity index (χ2n) is 7.76. The van der Waals surface area contributed by atoms with Crippen LogP contribution < -0.4 is 10.1 Å². The third kappa shape index (κ3) is 4.96. The fourth-order valence-corrected chi connectivity index (χ4v) is 4.00. The van der Waals surface area contributed by atoms with Gasteiger partial charge in [-0.05, 0) is 42.2 Å².